The van der Waals surface area contributed by atoms with E-state index in [0.29, 0.717) is 11.8 Å². The predicted octanol–water partition coefficient (Wildman–Crippen LogP) is -3.26. The average Bonchev–Trinajstić information content (AvgIpc) is 3.26. The monoisotopic (exact) mass is 532 g/mol. The molecule has 0 aromatic carbocycles. The number of aromatic nitrogens is 6. The maximum Gasteiger partial charge on any atom is 2.00 e. The Kier molecular flexibility index (Phi) is 24.3. The van der Waals surface area contributed by atoms with Gasteiger partial charge in [-0.2, -0.15) is 0 Å². The standard InChI is InChI=1S/2C7H5N3OS.6H2O.Zn/c2*12-7-10-9-6(11-7)5-1-3-8-4-2-5;;;;;;;/h2*1-4H,(H,10,12);6*1H2;/q;;;;;;;;+2/p+2. The van der Waals surface area contributed by atoms with Crippen molar-refractivity contribution in [3.05, 3.63) is 49.1 Å². The van der Waals surface area contributed by atoms with Crippen molar-refractivity contribution < 1.29 is 61.2 Å². The summed E-state index contributed by atoms with van der Waals surface area (Å²) in [6, 6.07) is 7.12. The third-order valence-corrected chi connectivity index (χ3v) is 3.00. The molecule has 0 saturated heterocycles. The van der Waals surface area contributed by atoms with Gasteiger partial charge in [0.15, 0.2) is 0 Å². The second-order valence-corrected chi connectivity index (χ2v) is 4.92. The molecule has 0 radical (unpaired) electrons. The minimum atomic E-state index is 0. The van der Waals surface area contributed by atoms with E-state index in [1.807, 2.05) is 0 Å². The number of nitrogens with zero attached hydrogens (tertiary/aromatic N) is 6. The molecule has 0 fully saturated rings. The molecule has 0 aliphatic carbocycles. The van der Waals surface area contributed by atoms with Crippen LogP contribution >= 0.6 is 0 Å². The summed E-state index contributed by atoms with van der Waals surface area (Å²) in [6.07, 6.45) is 6.62. The van der Waals surface area contributed by atoms with E-state index < -0.39 is 0 Å². The van der Waals surface area contributed by atoms with E-state index in [-0.39, 0.29) is 62.8 Å². The van der Waals surface area contributed by atoms with Crippen LogP contribution in [0.15, 0.2) is 68.3 Å². The van der Waals surface area contributed by atoms with Gasteiger partial charge in [0.25, 0.3) is 0 Å². The molecule has 4 aromatic heterocycles. The second kappa shape index (κ2) is 19.4. The predicted molar refractivity (Wildman–Crippen MR) is 113 cm³/mol. The molecule has 16 N–H and O–H groups in total. The third-order valence-electron chi connectivity index (χ3n) is 2.67. The molecule has 168 valence electrons. The van der Waals surface area contributed by atoms with Gasteiger partial charge in [0.05, 0.1) is 10.4 Å². The smallest absolute Gasteiger partial charge is 0.719 e. The Morgan fingerprint density at radius 2 is 0.839 bits per heavy atom. The zero-order chi connectivity index (χ0) is 16.8. The van der Waals surface area contributed by atoms with Gasteiger partial charge in [-0.25, -0.2) is 0 Å². The Bertz CT molecular complexity index is 844. The summed E-state index contributed by atoms with van der Waals surface area (Å²) in [6.45, 7) is 0. The van der Waals surface area contributed by atoms with Gasteiger partial charge >= 0.3 is 19.5 Å². The normalized spacial score (nSPS) is 7.74. The number of hydrogen-bond donors (Lipinski definition) is 0. The van der Waals surface area contributed by atoms with Crippen molar-refractivity contribution >= 4 is 25.3 Å². The van der Waals surface area contributed by atoms with Crippen LogP contribution in [0.4, 0.5) is 0 Å². The Labute approximate surface area is 199 Å². The first-order valence-electron chi connectivity index (χ1n) is 6.54. The van der Waals surface area contributed by atoms with Gasteiger partial charge < -0.3 is 66.9 Å². The number of hydrogen-bond acceptors (Lipinski definition) is 10. The summed E-state index contributed by atoms with van der Waals surface area (Å²) in [4.78, 5) is 7.72. The van der Waals surface area contributed by atoms with Gasteiger partial charge in [0, 0.05) is 35.9 Å². The van der Waals surface area contributed by atoms with Crippen LogP contribution in [0, 0.1) is 0 Å². The molecule has 14 nitrogen and oxygen atoms in total. The molecule has 0 amide bonds. The summed E-state index contributed by atoms with van der Waals surface area (Å²) < 4.78 is 10.1. The molecule has 0 atom stereocenters. The fourth-order valence-electron chi connectivity index (χ4n) is 1.64. The van der Waals surface area contributed by atoms with Gasteiger partial charge in [-0.3, -0.25) is 9.97 Å². The zero-order valence-corrected chi connectivity index (χ0v) is 20.6. The molecule has 0 aliphatic heterocycles. The second-order valence-electron chi connectivity index (χ2n) is 4.22. The largest absolute Gasteiger partial charge is 2.00 e. The molecule has 31 heavy (non-hydrogen) atoms. The molecule has 4 aromatic rings. The number of pyridine rings is 2. The van der Waals surface area contributed by atoms with Gasteiger partial charge in [-0.05, 0) is 24.3 Å². The maximum absolute atomic E-state index is 5.03. The Hall–Kier alpha value is -2.60. The van der Waals surface area contributed by atoms with Gasteiger partial charge in [-0.1, -0.05) is 0 Å². The molecule has 17 heteroatoms. The first-order valence-corrected chi connectivity index (χ1v) is 7.36. The quantitative estimate of drug-likeness (QED) is 0.140. The fourth-order valence-corrected chi connectivity index (χ4v) is 1.88. The van der Waals surface area contributed by atoms with Gasteiger partial charge in [-0.15, -0.1) is 20.4 Å². The van der Waals surface area contributed by atoms with E-state index in [1.54, 1.807) is 49.1 Å². The first-order chi connectivity index (χ1) is 11.7. The summed E-state index contributed by atoms with van der Waals surface area (Å²) in [5.74, 6) is 0.866. The molecule has 0 unspecified atom stereocenters. The third kappa shape index (κ3) is 11.4. The van der Waals surface area contributed by atoms with Crippen molar-refractivity contribution in [3.8, 4) is 22.9 Å². The van der Waals surface area contributed by atoms with E-state index in [2.05, 4.69) is 55.6 Å². The van der Waals surface area contributed by atoms with Crippen LogP contribution in [0.25, 0.3) is 22.9 Å². The van der Waals surface area contributed by atoms with Gasteiger partial charge in [0.2, 0.25) is 11.8 Å². The van der Waals surface area contributed by atoms with Crippen LogP contribution in [-0.2, 0) is 66.6 Å². The zero-order valence-electron chi connectivity index (χ0n) is 16.0. The van der Waals surface area contributed by atoms with Crippen LogP contribution in [-0.4, -0.2) is 41.3 Å². The van der Waals surface area contributed by atoms with Crippen molar-refractivity contribution in [1.29, 1.82) is 0 Å². The molecular weight excluding hydrogens is 510 g/mol. The van der Waals surface area contributed by atoms with E-state index >= 15 is 0 Å². The fraction of sp³-hybridized carbons (Fsp3) is 0. The van der Waals surface area contributed by atoms with E-state index in [4.69, 9.17) is 8.83 Å². The van der Waals surface area contributed by atoms with Crippen LogP contribution in [0.2, 0.25) is 0 Å². The maximum atomic E-state index is 5.03. The van der Waals surface area contributed by atoms with Crippen LogP contribution in [0.3, 0.4) is 0 Å². The first kappa shape index (κ1) is 38.9. The Morgan fingerprint density at radius 1 is 0.548 bits per heavy atom. The van der Waals surface area contributed by atoms with Crippen LogP contribution in [0.1, 0.15) is 0 Å². The molecular formula is C14H24N6O8S2Zn+4. The molecule has 0 saturated carbocycles. The molecule has 4 rings (SSSR count). The minimum Gasteiger partial charge on any atom is -0.719 e. The summed E-state index contributed by atoms with van der Waals surface area (Å²) in [7, 11) is 0. The van der Waals surface area contributed by atoms with Gasteiger partial charge in [0.1, 0.15) is 0 Å². The number of rotatable bonds is 2. The summed E-state index contributed by atoms with van der Waals surface area (Å²) in [5, 5.41) is 14.9. The van der Waals surface area contributed by atoms with E-state index in [9.17, 15) is 0 Å². The van der Waals surface area contributed by atoms with Crippen LogP contribution in [0.5, 0.6) is 0 Å². The Morgan fingerprint density at radius 3 is 1.06 bits per heavy atom. The molecule has 0 aliphatic rings. The summed E-state index contributed by atoms with van der Waals surface area (Å²) >= 11 is 9.35. The molecule has 4 heterocycles. The van der Waals surface area contributed by atoms with Crippen molar-refractivity contribution in [2.45, 2.75) is 10.4 Å². The Balaban J connectivity index is -0.000000119. The van der Waals surface area contributed by atoms with Crippen molar-refractivity contribution in [2.75, 3.05) is 0 Å². The summed E-state index contributed by atoms with van der Waals surface area (Å²) in [5.41, 5.74) is 1.65. The topological polar surface area (TPSA) is 299 Å². The molecule has 0 spiro atoms. The van der Waals surface area contributed by atoms with Crippen molar-refractivity contribution in [1.82, 2.24) is 30.4 Å². The van der Waals surface area contributed by atoms with Crippen molar-refractivity contribution in [3.63, 3.8) is 0 Å². The van der Waals surface area contributed by atoms with E-state index in [1.165, 1.54) is 0 Å². The minimum absolute atomic E-state index is 0. The molecule has 0 bridgehead atoms. The van der Waals surface area contributed by atoms with Crippen molar-refractivity contribution in [2.24, 2.45) is 0 Å². The van der Waals surface area contributed by atoms with E-state index in [0.717, 1.165) is 11.1 Å². The van der Waals surface area contributed by atoms with Crippen LogP contribution < -0.4 is 0 Å². The SMILES string of the molecule is O.O.[OH3+].[OH3+].[OH3+].[OH3+].[S-]c1nnc(-c2ccncc2)o1.[S-]c1nnc(-c2ccncc2)o1.[Zn+2]. The average molecular weight is 534 g/mol.